The molecule has 0 aromatic heterocycles. The zero-order valence-corrected chi connectivity index (χ0v) is 9.13. The normalized spacial score (nSPS) is 25.3. The Morgan fingerprint density at radius 2 is 2.27 bits per heavy atom. The Morgan fingerprint density at radius 3 is 2.80 bits per heavy atom. The summed E-state index contributed by atoms with van der Waals surface area (Å²) in [6.07, 6.45) is 0.548. The summed E-state index contributed by atoms with van der Waals surface area (Å²) in [5.41, 5.74) is 0. The molecule has 1 amide bonds. The molecule has 1 fully saturated rings. The third-order valence-corrected chi connectivity index (χ3v) is 2.83. The Bertz CT molecular complexity index is 233. The highest BCUT2D eigenvalue weighted by Crippen LogP contribution is 2.32. The third-order valence-electron chi connectivity index (χ3n) is 2.83. The fraction of sp³-hybridized carbons (Fsp3) is 0.900. The average molecular weight is 221 g/mol. The minimum Gasteiger partial charge on any atom is -0.384 e. The number of rotatable bonds is 3. The van der Waals surface area contributed by atoms with Crippen molar-refractivity contribution in [2.24, 2.45) is 5.92 Å². The Labute approximate surface area is 88.4 Å². The molecule has 1 aliphatic heterocycles. The van der Waals surface area contributed by atoms with Crippen LogP contribution >= 0.6 is 0 Å². The number of methoxy groups -OCH3 is 1. The van der Waals surface area contributed by atoms with E-state index in [1.54, 1.807) is 0 Å². The van der Waals surface area contributed by atoms with Crippen LogP contribution in [0.5, 0.6) is 0 Å². The SMILES string of the molecule is COCCC(=O)N1CCC(C)C(F)(F)C1. The van der Waals surface area contributed by atoms with Crippen LogP contribution in [0.1, 0.15) is 19.8 Å². The van der Waals surface area contributed by atoms with Crippen molar-refractivity contribution in [2.75, 3.05) is 26.8 Å². The fourth-order valence-electron chi connectivity index (χ4n) is 1.61. The van der Waals surface area contributed by atoms with Gasteiger partial charge in [0.2, 0.25) is 5.91 Å². The number of piperidine rings is 1. The Balaban J connectivity index is 2.48. The average Bonchev–Trinajstić information content (AvgIpc) is 2.18. The summed E-state index contributed by atoms with van der Waals surface area (Å²) in [4.78, 5) is 12.7. The maximum Gasteiger partial charge on any atom is 0.267 e. The molecule has 1 aliphatic rings. The number of halogens is 2. The van der Waals surface area contributed by atoms with Crippen LogP contribution < -0.4 is 0 Å². The predicted octanol–water partition coefficient (Wildman–Crippen LogP) is 1.53. The molecule has 1 unspecified atom stereocenters. The number of amides is 1. The standard InChI is InChI=1S/C10H17F2NO2/c1-8-3-5-13(7-10(8,11)12)9(14)4-6-15-2/h8H,3-7H2,1-2H3. The summed E-state index contributed by atoms with van der Waals surface area (Å²) < 4.78 is 31.4. The van der Waals surface area contributed by atoms with Gasteiger partial charge < -0.3 is 9.64 Å². The molecule has 0 aliphatic carbocycles. The Kier molecular flexibility index (Phi) is 4.02. The van der Waals surface area contributed by atoms with Gasteiger partial charge >= 0.3 is 0 Å². The van der Waals surface area contributed by atoms with Crippen LogP contribution in [0, 0.1) is 5.92 Å². The largest absolute Gasteiger partial charge is 0.384 e. The number of hydrogen-bond acceptors (Lipinski definition) is 2. The van der Waals surface area contributed by atoms with Gasteiger partial charge in [0.05, 0.1) is 19.6 Å². The van der Waals surface area contributed by atoms with E-state index in [-0.39, 0.29) is 18.9 Å². The third kappa shape index (κ3) is 3.12. The lowest BCUT2D eigenvalue weighted by Crippen LogP contribution is -2.50. The molecule has 0 radical (unpaired) electrons. The van der Waals surface area contributed by atoms with Gasteiger partial charge in [-0.3, -0.25) is 4.79 Å². The zero-order chi connectivity index (χ0) is 11.5. The van der Waals surface area contributed by atoms with Crippen molar-refractivity contribution in [2.45, 2.75) is 25.7 Å². The van der Waals surface area contributed by atoms with Crippen LogP contribution in [0.15, 0.2) is 0 Å². The molecule has 3 nitrogen and oxygen atoms in total. The first-order chi connectivity index (χ1) is 6.97. The van der Waals surface area contributed by atoms with Crippen LogP contribution in [0.4, 0.5) is 8.78 Å². The highest BCUT2D eigenvalue weighted by molar-refractivity contribution is 5.76. The minimum absolute atomic E-state index is 0.182. The van der Waals surface area contributed by atoms with Crippen LogP contribution in [0.25, 0.3) is 0 Å². The molecular formula is C10H17F2NO2. The second-order valence-electron chi connectivity index (χ2n) is 4.01. The van der Waals surface area contributed by atoms with Gasteiger partial charge in [0, 0.05) is 19.6 Å². The first-order valence-corrected chi connectivity index (χ1v) is 5.12. The molecule has 0 aromatic rings. The van der Waals surface area contributed by atoms with Gasteiger partial charge in [0.15, 0.2) is 0 Å². The highest BCUT2D eigenvalue weighted by Gasteiger charge is 2.42. The molecule has 0 spiro atoms. The van der Waals surface area contributed by atoms with Gasteiger partial charge in [-0.05, 0) is 6.42 Å². The van der Waals surface area contributed by atoms with Gasteiger partial charge in [0.1, 0.15) is 0 Å². The second-order valence-corrected chi connectivity index (χ2v) is 4.01. The lowest BCUT2D eigenvalue weighted by atomic mass is 9.95. The maximum absolute atomic E-state index is 13.3. The molecule has 1 rings (SSSR count). The summed E-state index contributed by atoms with van der Waals surface area (Å²) in [5.74, 6) is -3.63. The number of ether oxygens (including phenoxy) is 1. The van der Waals surface area contributed by atoms with Crippen molar-refractivity contribution in [3.63, 3.8) is 0 Å². The lowest BCUT2D eigenvalue weighted by molar-refractivity contribution is -0.149. The van der Waals surface area contributed by atoms with Crippen molar-refractivity contribution in [3.8, 4) is 0 Å². The zero-order valence-electron chi connectivity index (χ0n) is 9.13. The van der Waals surface area contributed by atoms with Gasteiger partial charge in [-0.25, -0.2) is 8.78 Å². The van der Waals surface area contributed by atoms with Crippen molar-refractivity contribution >= 4 is 5.91 Å². The first kappa shape index (κ1) is 12.4. The van der Waals surface area contributed by atoms with Crippen LogP contribution in [-0.4, -0.2) is 43.5 Å². The maximum atomic E-state index is 13.3. The van der Waals surface area contributed by atoms with Gasteiger partial charge in [0.25, 0.3) is 5.92 Å². The van der Waals surface area contributed by atoms with E-state index in [9.17, 15) is 13.6 Å². The molecule has 1 saturated heterocycles. The molecule has 5 heteroatoms. The quantitative estimate of drug-likeness (QED) is 0.723. The number of alkyl halides is 2. The Hall–Kier alpha value is -0.710. The van der Waals surface area contributed by atoms with Gasteiger partial charge in [-0.15, -0.1) is 0 Å². The van der Waals surface area contributed by atoms with Crippen molar-refractivity contribution in [3.05, 3.63) is 0 Å². The Morgan fingerprint density at radius 1 is 1.60 bits per heavy atom. The lowest BCUT2D eigenvalue weighted by Gasteiger charge is -2.36. The minimum atomic E-state index is -2.75. The van der Waals surface area contributed by atoms with E-state index < -0.39 is 18.4 Å². The van der Waals surface area contributed by atoms with E-state index in [0.717, 1.165) is 0 Å². The van der Waals surface area contributed by atoms with E-state index in [2.05, 4.69) is 0 Å². The number of likely N-dealkylation sites (tertiary alicyclic amines) is 1. The van der Waals surface area contributed by atoms with Crippen molar-refractivity contribution in [1.82, 2.24) is 4.90 Å². The van der Waals surface area contributed by atoms with E-state index in [0.29, 0.717) is 13.0 Å². The molecule has 1 heterocycles. The summed E-state index contributed by atoms with van der Waals surface area (Å²) in [5, 5.41) is 0. The van der Waals surface area contributed by atoms with Crippen LogP contribution in [0.3, 0.4) is 0 Å². The molecule has 1 atom stereocenters. The van der Waals surface area contributed by atoms with Gasteiger partial charge in [-0.1, -0.05) is 6.92 Å². The summed E-state index contributed by atoms with van der Waals surface area (Å²) in [6, 6.07) is 0. The predicted molar refractivity (Wildman–Crippen MR) is 51.8 cm³/mol. The molecule has 0 aromatic carbocycles. The number of carbonyl (C=O) groups excluding carboxylic acids is 1. The molecule has 0 N–H and O–H groups in total. The summed E-state index contributed by atoms with van der Waals surface area (Å²) in [6.45, 7) is 1.80. The first-order valence-electron chi connectivity index (χ1n) is 5.12. The fourth-order valence-corrected chi connectivity index (χ4v) is 1.61. The number of hydrogen-bond donors (Lipinski definition) is 0. The molecule has 0 saturated carbocycles. The summed E-state index contributed by atoms with van der Waals surface area (Å²) >= 11 is 0. The monoisotopic (exact) mass is 221 g/mol. The summed E-state index contributed by atoms with van der Waals surface area (Å²) in [7, 11) is 1.49. The van der Waals surface area contributed by atoms with E-state index in [1.165, 1.54) is 18.9 Å². The number of carbonyl (C=O) groups is 1. The van der Waals surface area contributed by atoms with Gasteiger partial charge in [-0.2, -0.15) is 0 Å². The van der Waals surface area contributed by atoms with E-state index >= 15 is 0 Å². The number of nitrogens with zero attached hydrogens (tertiary/aromatic N) is 1. The highest BCUT2D eigenvalue weighted by atomic mass is 19.3. The molecule has 88 valence electrons. The molecular weight excluding hydrogens is 204 g/mol. The van der Waals surface area contributed by atoms with Crippen LogP contribution in [0.2, 0.25) is 0 Å². The molecule has 15 heavy (non-hydrogen) atoms. The van der Waals surface area contributed by atoms with E-state index in [1.807, 2.05) is 0 Å². The topological polar surface area (TPSA) is 29.5 Å². The van der Waals surface area contributed by atoms with Crippen molar-refractivity contribution in [1.29, 1.82) is 0 Å². The van der Waals surface area contributed by atoms with Crippen LogP contribution in [-0.2, 0) is 9.53 Å². The van der Waals surface area contributed by atoms with E-state index in [4.69, 9.17) is 4.74 Å². The van der Waals surface area contributed by atoms with Crippen molar-refractivity contribution < 1.29 is 18.3 Å². The second kappa shape index (κ2) is 4.88. The molecule has 0 bridgehead atoms. The smallest absolute Gasteiger partial charge is 0.267 e.